The summed E-state index contributed by atoms with van der Waals surface area (Å²) in [5.41, 5.74) is 2.46. The van der Waals surface area contributed by atoms with Gasteiger partial charge in [-0.05, 0) is 24.6 Å². The number of nitrogens with zero attached hydrogens (tertiary/aromatic N) is 2. The van der Waals surface area contributed by atoms with Crippen LogP contribution < -0.4 is 4.90 Å². The molecule has 0 aromatic heterocycles. The predicted molar refractivity (Wildman–Crippen MR) is 95.2 cm³/mol. The molecule has 0 spiro atoms. The molecule has 0 aliphatic carbocycles. The molecule has 0 unspecified atom stereocenters. The van der Waals surface area contributed by atoms with Gasteiger partial charge in [-0.1, -0.05) is 48.0 Å². The number of esters is 1. The maximum Gasteiger partial charge on any atom is 0.325 e. The first-order chi connectivity index (χ1) is 12.0. The first-order valence-electron chi connectivity index (χ1n) is 7.91. The zero-order valence-electron chi connectivity index (χ0n) is 14.3. The van der Waals surface area contributed by atoms with Gasteiger partial charge < -0.3 is 9.64 Å². The van der Waals surface area contributed by atoms with Crippen molar-refractivity contribution < 1.29 is 14.3 Å². The summed E-state index contributed by atoms with van der Waals surface area (Å²) in [4.78, 5) is 26.0. The topological polar surface area (TPSA) is 70.4 Å². The molecule has 2 aromatic rings. The Morgan fingerprint density at radius 2 is 1.72 bits per heavy atom. The van der Waals surface area contributed by atoms with E-state index in [1.165, 1.54) is 7.11 Å². The van der Waals surface area contributed by atoms with E-state index in [0.29, 0.717) is 5.56 Å². The van der Waals surface area contributed by atoms with E-state index in [-0.39, 0.29) is 18.9 Å². The number of methoxy groups -OCH3 is 1. The van der Waals surface area contributed by atoms with Crippen LogP contribution in [-0.2, 0) is 14.3 Å². The molecular formula is C20H20N2O3. The predicted octanol–water partition coefficient (Wildman–Crippen LogP) is 2.85. The lowest BCUT2D eigenvalue weighted by Gasteiger charge is -2.24. The van der Waals surface area contributed by atoms with Crippen LogP contribution in [0.1, 0.15) is 17.0 Å². The van der Waals surface area contributed by atoms with E-state index >= 15 is 0 Å². The van der Waals surface area contributed by atoms with Crippen LogP contribution >= 0.6 is 0 Å². The first kappa shape index (κ1) is 18.2. The highest BCUT2D eigenvalue weighted by Crippen LogP contribution is 2.20. The molecule has 0 fully saturated rings. The minimum absolute atomic E-state index is 0.0503. The van der Waals surface area contributed by atoms with E-state index in [4.69, 9.17) is 4.74 Å². The summed E-state index contributed by atoms with van der Waals surface area (Å²) in [5, 5.41) is 9.42. The molecule has 0 N–H and O–H groups in total. The fraction of sp³-hybridized carbons (Fsp3) is 0.250. The number of hydrogen-bond donors (Lipinski definition) is 0. The number of carbonyl (C=O) groups excluding carboxylic acids is 2. The molecule has 25 heavy (non-hydrogen) atoms. The molecule has 0 amide bonds. The Morgan fingerprint density at radius 3 is 2.28 bits per heavy atom. The third kappa shape index (κ3) is 4.92. The molecule has 0 aliphatic heterocycles. The van der Waals surface area contributed by atoms with Crippen molar-refractivity contribution in [2.45, 2.75) is 12.8 Å². The Labute approximate surface area is 147 Å². The summed E-state index contributed by atoms with van der Waals surface area (Å²) in [5.74, 6) is -1.58. The summed E-state index contributed by atoms with van der Waals surface area (Å²) in [6, 6.07) is 18.5. The molecule has 1 atom stereocenters. The number of ketones is 1. The maximum atomic E-state index is 12.7. The van der Waals surface area contributed by atoms with Crippen molar-refractivity contribution >= 4 is 17.4 Å². The molecule has 0 radical (unpaired) electrons. The van der Waals surface area contributed by atoms with Crippen molar-refractivity contribution in [2.24, 2.45) is 0 Å². The van der Waals surface area contributed by atoms with Crippen molar-refractivity contribution in [1.29, 1.82) is 5.26 Å². The highest BCUT2D eigenvalue weighted by Gasteiger charge is 2.24. The molecule has 5 heteroatoms. The summed E-state index contributed by atoms with van der Waals surface area (Å²) >= 11 is 0. The standard InChI is InChI=1S/C20H20N2O3/c1-15-8-10-17(11-9-15)22(14-20(24)25-2)13-19(23)18(12-21)16-6-4-3-5-7-16/h3-11,18H,13-14H2,1-2H3/t18-/m0/s1. The molecule has 0 bridgehead atoms. The van der Waals surface area contributed by atoms with Gasteiger partial charge in [0.2, 0.25) is 0 Å². The summed E-state index contributed by atoms with van der Waals surface area (Å²) < 4.78 is 4.72. The lowest BCUT2D eigenvalue weighted by Crippen LogP contribution is -2.36. The van der Waals surface area contributed by atoms with E-state index in [1.807, 2.05) is 37.3 Å². The quantitative estimate of drug-likeness (QED) is 0.727. The van der Waals surface area contributed by atoms with Crippen LogP contribution in [0.3, 0.4) is 0 Å². The normalized spacial score (nSPS) is 11.2. The van der Waals surface area contributed by atoms with Gasteiger partial charge in [0.25, 0.3) is 0 Å². The average Bonchev–Trinajstić information content (AvgIpc) is 2.63. The van der Waals surface area contributed by atoms with Gasteiger partial charge in [-0.15, -0.1) is 0 Å². The van der Waals surface area contributed by atoms with Crippen LogP contribution in [0.25, 0.3) is 0 Å². The maximum absolute atomic E-state index is 12.7. The first-order valence-corrected chi connectivity index (χ1v) is 7.91. The van der Waals surface area contributed by atoms with Gasteiger partial charge in [-0.25, -0.2) is 0 Å². The van der Waals surface area contributed by atoms with Crippen molar-refractivity contribution in [3.05, 3.63) is 65.7 Å². The van der Waals surface area contributed by atoms with Crippen LogP contribution in [-0.4, -0.2) is 32.0 Å². The largest absolute Gasteiger partial charge is 0.468 e. The van der Waals surface area contributed by atoms with Crippen LogP contribution in [0.4, 0.5) is 5.69 Å². The monoisotopic (exact) mass is 336 g/mol. The van der Waals surface area contributed by atoms with Gasteiger partial charge in [-0.2, -0.15) is 5.26 Å². The second-order valence-electron chi connectivity index (χ2n) is 5.71. The Hall–Kier alpha value is -3.13. The molecule has 0 aliphatic rings. The van der Waals surface area contributed by atoms with Gasteiger partial charge in [0.05, 0.1) is 19.7 Å². The minimum Gasteiger partial charge on any atom is -0.468 e. The minimum atomic E-state index is -0.869. The number of carbonyl (C=O) groups is 2. The number of nitriles is 1. The Bertz CT molecular complexity index is 764. The number of aryl methyl sites for hydroxylation is 1. The summed E-state index contributed by atoms with van der Waals surface area (Å²) in [6.07, 6.45) is 0. The third-order valence-electron chi connectivity index (χ3n) is 3.88. The van der Waals surface area contributed by atoms with Gasteiger partial charge in [0.15, 0.2) is 5.78 Å². The average molecular weight is 336 g/mol. The molecule has 128 valence electrons. The Balaban J connectivity index is 2.23. The SMILES string of the molecule is COC(=O)CN(CC(=O)[C@@H](C#N)c1ccccc1)c1ccc(C)cc1. The van der Waals surface area contributed by atoms with E-state index in [1.54, 1.807) is 29.2 Å². The molecule has 2 rings (SSSR count). The second kappa shape index (κ2) is 8.65. The highest BCUT2D eigenvalue weighted by molar-refractivity contribution is 5.93. The van der Waals surface area contributed by atoms with E-state index in [0.717, 1.165) is 11.3 Å². The number of hydrogen-bond acceptors (Lipinski definition) is 5. The fourth-order valence-corrected chi connectivity index (χ4v) is 2.47. The summed E-state index contributed by atoms with van der Waals surface area (Å²) in [6.45, 7) is 1.85. The van der Waals surface area contributed by atoms with Crippen molar-refractivity contribution in [3.63, 3.8) is 0 Å². The lowest BCUT2D eigenvalue weighted by molar-refractivity contribution is -0.138. The van der Waals surface area contributed by atoms with Crippen molar-refractivity contribution in [1.82, 2.24) is 0 Å². The highest BCUT2D eigenvalue weighted by atomic mass is 16.5. The third-order valence-corrected chi connectivity index (χ3v) is 3.88. The number of Topliss-reactive ketones (excluding diaryl/α,β-unsaturated/α-hetero) is 1. The molecular weight excluding hydrogens is 316 g/mol. The van der Waals surface area contributed by atoms with Gasteiger partial charge in [-0.3, -0.25) is 9.59 Å². The van der Waals surface area contributed by atoms with Gasteiger partial charge in [0, 0.05) is 5.69 Å². The second-order valence-corrected chi connectivity index (χ2v) is 5.71. The van der Waals surface area contributed by atoms with Crippen LogP contribution in [0.5, 0.6) is 0 Å². The molecule has 0 saturated heterocycles. The number of anilines is 1. The van der Waals surface area contributed by atoms with E-state index < -0.39 is 11.9 Å². The zero-order chi connectivity index (χ0) is 18.2. The zero-order valence-corrected chi connectivity index (χ0v) is 14.3. The fourth-order valence-electron chi connectivity index (χ4n) is 2.47. The van der Waals surface area contributed by atoms with Crippen LogP contribution in [0.2, 0.25) is 0 Å². The van der Waals surface area contributed by atoms with Crippen LogP contribution in [0.15, 0.2) is 54.6 Å². The van der Waals surface area contributed by atoms with Crippen molar-refractivity contribution in [3.8, 4) is 6.07 Å². The van der Waals surface area contributed by atoms with Crippen molar-refractivity contribution in [2.75, 3.05) is 25.1 Å². The van der Waals surface area contributed by atoms with Crippen LogP contribution in [0, 0.1) is 18.3 Å². The van der Waals surface area contributed by atoms with Gasteiger partial charge in [0.1, 0.15) is 12.5 Å². The van der Waals surface area contributed by atoms with E-state index in [2.05, 4.69) is 6.07 Å². The van der Waals surface area contributed by atoms with Gasteiger partial charge >= 0.3 is 5.97 Å². The molecule has 0 saturated carbocycles. The smallest absolute Gasteiger partial charge is 0.325 e. The molecule has 0 heterocycles. The van der Waals surface area contributed by atoms with E-state index in [9.17, 15) is 14.9 Å². The Morgan fingerprint density at radius 1 is 1.08 bits per heavy atom. The lowest BCUT2D eigenvalue weighted by atomic mass is 9.95. The number of ether oxygens (including phenoxy) is 1. The molecule has 5 nitrogen and oxygen atoms in total. The molecule has 2 aromatic carbocycles. The number of benzene rings is 2. The summed E-state index contributed by atoms with van der Waals surface area (Å²) in [7, 11) is 1.31. The Kier molecular flexibility index (Phi) is 6.30. The number of rotatable bonds is 7.